The molecule has 2 N–H and O–H groups in total. The second-order valence-electron chi connectivity index (χ2n) is 4.73. The van der Waals surface area contributed by atoms with E-state index in [1.54, 1.807) is 6.26 Å². The highest BCUT2D eigenvalue weighted by molar-refractivity contribution is 5.52. The highest BCUT2D eigenvalue weighted by atomic mass is 16.3. The van der Waals surface area contributed by atoms with E-state index in [0.717, 1.165) is 5.76 Å². The normalized spacial score (nSPS) is 19.0. The Bertz CT molecular complexity index is 359. The summed E-state index contributed by atoms with van der Waals surface area (Å²) in [5, 5.41) is 0. The van der Waals surface area contributed by atoms with Crippen molar-refractivity contribution in [2.45, 2.75) is 39.0 Å². The van der Waals surface area contributed by atoms with Crippen molar-refractivity contribution >= 4 is 6.08 Å². The molecule has 2 heteroatoms. The van der Waals surface area contributed by atoms with Crippen LogP contribution < -0.4 is 5.73 Å². The fourth-order valence-electron chi connectivity index (χ4n) is 2.52. The van der Waals surface area contributed by atoms with Crippen LogP contribution in [0.2, 0.25) is 0 Å². The van der Waals surface area contributed by atoms with Gasteiger partial charge < -0.3 is 10.2 Å². The van der Waals surface area contributed by atoms with Gasteiger partial charge >= 0.3 is 0 Å². The lowest BCUT2D eigenvalue weighted by Crippen LogP contribution is -2.16. The van der Waals surface area contributed by atoms with Crippen LogP contribution in [0.1, 0.15) is 43.4 Å². The second-order valence-corrected chi connectivity index (χ2v) is 4.73. The van der Waals surface area contributed by atoms with Crippen molar-refractivity contribution < 1.29 is 4.42 Å². The van der Waals surface area contributed by atoms with Crippen LogP contribution in [0.15, 0.2) is 22.3 Å². The summed E-state index contributed by atoms with van der Waals surface area (Å²) in [5.41, 5.74) is 8.42. The van der Waals surface area contributed by atoms with E-state index < -0.39 is 0 Å². The van der Waals surface area contributed by atoms with E-state index in [4.69, 9.17) is 10.2 Å². The lowest BCUT2D eigenvalue weighted by atomic mass is 9.83. The molecule has 1 aromatic rings. The first-order chi connectivity index (χ1) is 7.81. The topological polar surface area (TPSA) is 39.2 Å². The fraction of sp³-hybridized carbons (Fsp3) is 0.571. The third-order valence-corrected chi connectivity index (χ3v) is 3.58. The molecule has 1 aliphatic carbocycles. The van der Waals surface area contributed by atoms with Crippen molar-refractivity contribution in [3.63, 3.8) is 0 Å². The Hall–Kier alpha value is -1.02. The Labute approximate surface area is 97.5 Å². The van der Waals surface area contributed by atoms with Gasteiger partial charge in [-0.05, 0) is 49.0 Å². The van der Waals surface area contributed by atoms with Crippen molar-refractivity contribution in [1.29, 1.82) is 0 Å². The predicted molar refractivity (Wildman–Crippen MR) is 67.1 cm³/mol. The van der Waals surface area contributed by atoms with Crippen LogP contribution in [0.4, 0.5) is 0 Å². The van der Waals surface area contributed by atoms with Crippen LogP contribution >= 0.6 is 0 Å². The minimum Gasteiger partial charge on any atom is -0.465 e. The average molecular weight is 219 g/mol. The molecule has 0 amide bonds. The maximum absolute atomic E-state index is 5.86. The van der Waals surface area contributed by atoms with Gasteiger partial charge in [0.25, 0.3) is 0 Å². The zero-order valence-electron chi connectivity index (χ0n) is 10.0. The first kappa shape index (κ1) is 11.5. The maximum atomic E-state index is 5.86. The number of hydrogen-bond donors (Lipinski definition) is 1. The van der Waals surface area contributed by atoms with Gasteiger partial charge in [0.2, 0.25) is 0 Å². The van der Waals surface area contributed by atoms with Crippen LogP contribution in [0, 0.1) is 12.8 Å². The van der Waals surface area contributed by atoms with Crippen molar-refractivity contribution in [2.75, 3.05) is 6.54 Å². The number of nitrogens with two attached hydrogens (primary N) is 1. The molecule has 2 nitrogen and oxygen atoms in total. The summed E-state index contributed by atoms with van der Waals surface area (Å²) in [5.74, 6) is 1.66. The highest BCUT2D eigenvalue weighted by Crippen LogP contribution is 2.30. The first-order valence-corrected chi connectivity index (χ1v) is 6.26. The zero-order chi connectivity index (χ0) is 11.4. The van der Waals surface area contributed by atoms with Gasteiger partial charge in [-0.25, -0.2) is 0 Å². The Morgan fingerprint density at radius 3 is 2.75 bits per heavy atom. The first-order valence-electron chi connectivity index (χ1n) is 6.26. The summed E-state index contributed by atoms with van der Waals surface area (Å²) >= 11 is 0. The van der Waals surface area contributed by atoms with Gasteiger partial charge in [0.1, 0.15) is 5.76 Å². The summed E-state index contributed by atoms with van der Waals surface area (Å²) in [6, 6.07) is 2.00. The predicted octanol–water partition coefficient (Wildman–Crippen LogP) is 3.51. The van der Waals surface area contributed by atoms with E-state index in [2.05, 4.69) is 13.0 Å². The molecule has 1 aromatic heterocycles. The largest absolute Gasteiger partial charge is 0.465 e. The van der Waals surface area contributed by atoms with Gasteiger partial charge in [0.05, 0.1) is 6.26 Å². The van der Waals surface area contributed by atoms with Crippen LogP contribution in [0.5, 0.6) is 0 Å². The van der Waals surface area contributed by atoms with Crippen molar-refractivity contribution in [1.82, 2.24) is 0 Å². The van der Waals surface area contributed by atoms with E-state index in [1.807, 2.05) is 6.07 Å². The molecule has 0 aromatic carbocycles. The third kappa shape index (κ3) is 2.56. The summed E-state index contributed by atoms with van der Waals surface area (Å²) in [6.07, 6.45) is 10.6. The van der Waals surface area contributed by atoms with Gasteiger partial charge in [-0.2, -0.15) is 0 Å². The Balaban J connectivity index is 2.14. The number of furan rings is 1. The standard InChI is InChI=1S/C14H21NO/c1-11-7-8-16-14(11)9-13(10-15)12-5-3-2-4-6-12/h7-9,12H,2-6,10,15H2,1H3/b13-9-. The van der Waals surface area contributed by atoms with Gasteiger partial charge in [0.15, 0.2) is 0 Å². The van der Waals surface area contributed by atoms with E-state index in [-0.39, 0.29) is 0 Å². The summed E-state index contributed by atoms with van der Waals surface area (Å²) < 4.78 is 5.46. The molecule has 88 valence electrons. The molecule has 2 rings (SSSR count). The van der Waals surface area contributed by atoms with Crippen LogP contribution in [-0.4, -0.2) is 6.54 Å². The van der Waals surface area contributed by atoms with Crippen LogP contribution in [0.25, 0.3) is 6.08 Å². The lowest BCUT2D eigenvalue weighted by Gasteiger charge is -2.23. The molecule has 0 spiro atoms. The minimum absolute atomic E-state index is 0.658. The van der Waals surface area contributed by atoms with Crippen molar-refractivity contribution in [3.8, 4) is 0 Å². The van der Waals surface area contributed by atoms with E-state index in [0.29, 0.717) is 12.5 Å². The molecule has 0 saturated heterocycles. The van der Waals surface area contributed by atoms with E-state index in [9.17, 15) is 0 Å². The molecule has 16 heavy (non-hydrogen) atoms. The Kier molecular flexibility index (Phi) is 3.83. The van der Waals surface area contributed by atoms with Crippen LogP contribution in [-0.2, 0) is 0 Å². The average Bonchev–Trinajstić information content (AvgIpc) is 2.73. The molecule has 0 aliphatic heterocycles. The van der Waals surface area contributed by atoms with Gasteiger partial charge in [-0.15, -0.1) is 0 Å². The number of aryl methyl sites for hydroxylation is 1. The SMILES string of the molecule is Cc1ccoc1/C=C(/CN)C1CCCCC1. The van der Waals surface area contributed by atoms with Crippen molar-refractivity contribution in [3.05, 3.63) is 29.2 Å². The molecule has 0 bridgehead atoms. The Morgan fingerprint density at radius 2 is 2.19 bits per heavy atom. The summed E-state index contributed by atoms with van der Waals surface area (Å²) in [4.78, 5) is 0. The third-order valence-electron chi connectivity index (χ3n) is 3.58. The lowest BCUT2D eigenvalue weighted by molar-refractivity contribution is 0.401. The van der Waals surface area contributed by atoms with Crippen LogP contribution in [0.3, 0.4) is 0 Å². The quantitative estimate of drug-likeness (QED) is 0.845. The van der Waals surface area contributed by atoms with Gasteiger partial charge in [-0.3, -0.25) is 0 Å². The molecule has 1 aliphatic rings. The monoisotopic (exact) mass is 219 g/mol. The fourth-order valence-corrected chi connectivity index (χ4v) is 2.52. The molecule has 0 radical (unpaired) electrons. The van der Waals surface area contributed by atoms with Crippen molar-refractivity contribution in [2.24, 2.45) is 11.7 Å². The van der Waals surface area contributed by atoms with E-state index in [1.165, 1.54) is 43.2 Å². The maximum Gasteiger partial charge on any atom is 0.129 e. The minimum atomic E-state index is 0.658. The summed E-state index contributed by atoms with van der Waals surface area (Å²) in [6.45, 7) is 2.73. The zero-order valence-corrected chi connectivity index (χ0v) is 10.0. The molecular weight excluding hydrogens is 198 g/mol. The van der Waals surface area contributed by atoms with E-state index >= 15 is 0 Å². The number of rotatable bonds is 3. The summed E-state index contributed by atoms with van der Waals surface area (Å²) in [7, 11) is 0. The molecule has 1 saturated carbocycles. The highest BCUT2D eigenvalue weighted by Gasteiger charge is 2.17. The molecule has 0 unspecified atom stereocenters. The Morgan fingerprint density at radius 1 is 1.44 bits per heavy atom. The molecule has 1 fully saturated rings. The number of hydrogen-bond acceptors (Lipinski definition) is 2. The second kappa shape index (κ2) is 5.35. The molecule has 0 atom stereocenters. The molecule has 1 heterocycles. The van der Waals surface area contributed by atoms with Gasteiger partial charge in [0, 0.05) is 6.54 Å². The smallest absolute Gasteiger partial charge is 0.129 e. The van der Waals surface area contributed by atoms with Gasteiger partial charge in [-0.1, -0.05) is 19.3 Å². The molecular formula is C14H21NO.